The lowest BCUT2D eigenvalue weighted by atomic mass is 10.1. The molecule has 0 aliphatic heterocycles. The number of nitrogens with zero attached hydrogens (tertiary/aromatic N) is 1. The van der Waals surface area contributed by atoms with Gasteiger partial charge in [-0.2, -0.15) is 0 Å². The molecule has 4 nitrogen and oxygen atoms in total. The minimum atomic E-state index is 0.0228. The molecule has 0 aliphatic rings. The average molecular weight is 209 g/mol. The number of amides is 1. The van der Waals surface area contributed by atoms with Gasteiger partial charge in [0.2, 0.25) is 5.91 Å². The molecule has 0 fully saturated rings. The van der Waals surface area contributed by atoms with Gasteiger partial charge in [0, 0.05) is 25.5 Å². The fourth-order valence-electron chi connectivity index (χ4n) is 1.62. The first-order valence-corrected chi connectivity index (χ1v) is 5.24. The first-order chi connectivity index (χ1) is 7.21. The van der Waals surface area contributed by atoms with Gasteiger partial charge >= 0.3 is 0 Å². The molecule has 1 heterocycles. The number of nitrogens with one attached hydrogen (secondary N) is 2. The monoisotopic (exact) mass is 209 g/mol. The fourth-order valence-corrected chi connectivity index (χ4v) is 1.62. The molecule has 0 radical (unpaired) electrons. The first-order valence-electron chi connectivity index (χ1n) is 5.24. The highest BCUT2D eigenvalue weighted by molar-refractivity contribution is 5.75. The Kier molecular flexibility index (Phi) is 4.37. The number of hydrogen-bond donors (Lipinski definition) is 2. The van der Waals surface area contributed by atoms with E-state index >= 15 is 0 Å². The maximum atomic E-state index is 11.2. The molecule has 0 saturated heterocycles. The predicted octanol–water partition coefficient (Wildman–Crippen LogP) is 0.905. The molecule has 15 heavy (non-hydrogen) atoms. The lowest BCUT2D eigenvalue weighted by molar-refractivity contribution is -0.121. The molecule has 4 heteroatoms. The molecule has 1 aromatic rings. The zero-order valence-electron chi connectivity index (χ0n) is 9.58. The number of carbonyl (C=O) groups excluding carboxylic acids is 1. The van der Waals surface area contributed by atoms with Crippen molar-refractivity contribution in [3.8, 4) is 0 Å². The van der Waals surface area contributed by atoms with E-state index in [2.05, 4.69) is 17.6 Å². The van der Waals surface area contributed by atoms with Gasteiger partial charge in [0.05, 0.1) is 0 Å². The summed E-state index contributed by atoms with van der Waals surface area (Å²) in [5.41, 5.74) is 1.23. The summed E-state index contributed by atoms with van der Waals surface area (Å²) in [6, 6.07) is 2.42. The smallest absolute Gasteiger partial charge is 0.239 e. The minimum Gasteiger partial charge on any atom is -0.358 e. The second kappa shape index (κ2) is 5.56. The van der Waals surface area contributed by atoms with Crippen LogP contribution in [0, 0.1) is 0 Å². The quantitative estimate of drug-likeness (QED) is 0.757. The van der Waals surface area contributed by atoms with Crippen LogP contribution in [-0.2, 0) is 11.3 Å². The van der Waals surface area contributed by atoms with Crippen molar-refractivity contribution in [1.29, 1.82) is 0 Å². The Bertz CT molecular complexity index is 315. The van der Waals surface area contributed by atoms with Crippen LogP contribution in [-0.4, -0.2) is 24.6 Å². The molecule has 1 rings (SSSR count). The minimum absolute atomic E-state index is 0.0228. The van der Waals surface area contributed by atoms with Gasteiger partial charge in [-0.1, -0.05) is 6.92 Å². The van der Waals surface area contributed by atoms with Crippen LogP contribution in [0.4, 0.5) is 0 Å². The molecule has 0 aliphatic carbocycles. The van der Waals surface area contributed by atoms with E-state index in [1.165, 1.54) is 5.56 Å². The second-order valence-electron chi connectivity index (χ2n) is 3.54. The van der Waals surface area contributed by atoms with Crippen molar-refractivity contribution in [2.75, 3.05) is 14.1 Å². The SMILES string of the molecule is CCC(NC)c1ccn(CC(=O)NC)c1. The summed E-state index contributed by atoms with van der Waals surface area (Å²) < 4.78 is 1.90. The fraction of sp³-hybridized carbons (Fsp3) is 0.545. The number of hydrogen-bond acceptors (Lipinski definition) is 2. The summed E-state index contributed by atoms with van der Waals surface area (Å²) >= 11 is 0. The number of carbonyl (C=O) groups is 1. The largest absolute Gasteiger partial charge is 0.358 e. The topological polar surface area (TPSA) is 46.1 Å². The van der Waals surface area contributed by atoms with Crippen molar-refractivity contribution in [2.45, 2.75) is 25.9 Å². The molecule has 1 unspecified atom stereocenters. The van der Waals surface area contributed by atoms with Crippen molar-refractivity contribution in [1.82, 2.24) is 15.2 Å². The molecule has 0 aromatic carbocycles. The van der Waals surface area contributed by atoms with Gasteiger partial charge in [0.15, 0.2) is 0 Å². The molecule has 1 amide bonds. The molecule has 84 valence electrons. The van der Waals surface area contributed by atoms with Gasteiger partial charge in [-0.05, 0) is 25.1 Å². The third kappa shape index (κ3) is 3.09. The van der Waals surface area contributed by atoms with Crippen LogP contribution in [0.5, 0.6) is 0 Å². The first kappa shape index (κ1) is 11.8. The normalized spacial score (nSPS) is 12.5. The molecule has 1 atom stereocenters. The molecule has 0 saturated carbocycles. The maximum Gasteiger partial charge on any atom is 0.239 e. The molecule has 0 spiro atoms. The Balaban J connectivity index is 2.67. The van der Waals surface area contributed by atoms with Gasteiger partial charge < -0.3 is 15.2 Å². The maximum absolute atomic E-state index is 11.2. The Morgan fingerprint density at radius 1 is 1.53 bits per heavy atom. The molecule has 0 bridgehead atoms. The van der Waals surface area contributed by atoms with E-state index in [9.17, 15) is 4.79 Å². The van der Waals surface area contributed by atoms with Crippen LogP contribution in [0.1, 0.15) is 24.9 Å². The van der Waals surface area contributed by atoms with Crippen molar-refractivity contribution >= 4 is 5.91 Å². The van der Waals surface area contributed by atoms with Gasteiger partial charge in [0.25, 0.3) is 0 Å². The van der Waals surface area contributed by atoms with Gasteiger partial charge in [0.1, 0.15) is 6.54 Å². The highest BCUT2D eigenvalue weighted by Crippen LogP contribution is 2.15. The van der Waals surface area contributed by atoms with Gasteiger partial charge in [-0.3, -0.25) is 4.79 Å². The van der Waals surface area contributed by atoms with Crippen molar-refractivity contribution in [3.63, 3.8) is 0 Å². The number of aromatic nitrogens is 1. The zero-order chi connectivity index (χ0) is 11.3. The molecule has 2 N–H and O–H groups in total. The molecular formula is C11H19N3O. The van der Waals surface area contributed by atoms with Crippen molar-refractivity contribution in [2.24, 2.45) is 0 Å². The lowest BCUT2D eigenvalue weighted by Crippen LogP contribution is -2.22. The summed E-state index contributed by atoms with van der Waals surface area (Å²) in [7, 11) is 3.60. The van der Waals surface area contributed by atoms with E-state index in [4.69, 9.17) is 0 Å². The van der Waals surface area contributed by atoms with Crippen LogP contribution in [0.2, 0.25) is 0 Å². The van der Waals surface area contributed by atoms with Crippen LogP contribution in [0.25, 0.3) is 0 Å². The average Bonchev–Trinajstić information content (AvgIpc) is 2.68. The van der Waals surface area contributed by atoms with Crippen LogP contribution < -0.4 is 10.6 Å². The Labute approximate surface area is 90.7 Å². The summed E-state index contributed by atoms with van der Waals surface area (Å²) in [6.45, 7) is 2.52. The Morgan fingerprint density at radius 3 is 2.80 bits per heavy atom. The van der Waals surface area contributed by atoms with Crippen LogP contribution in [0.15, 0.2) is 18.5 Å². The highest BCUT2D eigenvalue weighted by atomic mass is 16.1. The van der Waals surface area contributed by atoms with E-state index in [1.807, 2.05) is 30.1 Å². The van der Waals surface area contributed by atoms with Gasteiger partial charge in [-0.15, -0.1) is 0 Å². The number of likely N-dealkylation sites (N-methyl/N-ethyl adjacent to an activating group) is 1. The van der Waals surface area contributed by atoms with Crippen LogP contribution >= 0.6 is 0 Å². The van der Waals surface area contributed by atoms with Crippen molar-refractivity contribution < 1.29 is 4.79 Å². The third-order valence-electron chi connectivity index (χ3n) is 2.54. The predicted molar refractivity (Wildman–Crippen MR) is 60.6 cm³/mol. The van der Waals surface area contributed by atoms with Crippen molar-refractivity contribution in [3.05, 3.63) is 24.0 Å². The summed E-state index contributed by atoms with van der Waals surface area (Å²) in [6.07, 6.45) is 4.99. The van der Waals surface area contributed by atoms with Crippen LogP contribution in [0.3, 0.4) is 0 Å². The third-order valence-corrected chi connectivity index (χ3v) is 2.54. The van der Waals surface area contributed by atoms with E-state index in [-0.39, 0.29) is 5.91 Å². The van der Waals surface area contributed by atoms with E-state index in [0.29, 0.717) is 12.6 Å². The van der Waals surface area contributed by atoms with E-state index in [0.717, 1.165) is 6.42 Å². The summed E-state index contributed by atoms with van der Waals surface area (Å²) in [5, 5.41) is 5.84. The highest BCUT2D eigenvalue weighted by Gasteiger charge is 2.08. The summed E-state index contributed by atoms with van der Waals surface area (Å²) in [5.74, 6) is 0.0228. The van der Waals surface area contributed by atoms with E-state index in [1.54, 1.807) is 7.05 Å². The van der Waals surface area contributed by atoms with Gasteiger partial charge in [-0.25, -0.2) is 0 Å². The summed E-state index contributed by atoms with van der Waals surface area (Å²) in [4.78, 5) is 11.2. The molecular weight excluding hydrogens is 190 g/mol. The zero-order valence-corrected chi connectivity index (χ0v) is 9.58. The Morgan fingerprint density at radius 2 is 2.27 bits per heavy atom. The standard InChI is InChI=1S/C11H19N3O/c1-4-10(12-2)9-5-6-14(7-9)8-11(15)13-3/h5-7,10,12H,4,8H2,1-3H3,(H,13,15). The molecule has 1 aromatic heterocycles. The Hall–Kier alpha value is -1.29. The lowest BCUT2D eigenvalue weighted by Gasteiger charge is -2.11. The second-order valence-corrected chi connectivity index (χ2v) is 3.54. The number of rotatable bonds is 5. The van der Waals surface area contributed by atoms with E-state index < -0.39 is 0 Å².